The van der Waals surface area contributed by atoms with Crippen molar-refractivity contribution in [3.05, 3.63) is 21.9 Å². The van der Waals surface area contributed by atoms with E-state index in [9.17, 15) is 9.59 Å². The molecular formula is C15H19NO4S. The Morgan fingerprint density at radius 2 is 2.00 bits per heavy atom. The van der Waals surface area contributed by atoms with Gasteiger partial charge in [-0.25, -0.2) is 4.79 Å². The van der Waals surface area contributed by atoms with Crippen molar-refractivity contribution in [2.45, 2.75) is 50.2 Å². The fourth-order valence-electron chi connectivity index (χ4n) is 3.35. The van der Waals surface area contributed by atoms with Crippen LogP contribution in [0.4, 0.5) is 0 Å². The number of thiophene rings is 1. The smallest absolute Gasteiger partial charge is 0.345 e. The number of carbonyl (C=O) groups is 2. The molecule has 1 aromatic rings. The van der Waals surface area contributed by atoms with Crippen LogP contribution in [0, 0.1) is 0 Å². The molecule has 3 rings (SSSR count). The minimum atomic E-state index is -0.991. The zero-order chi connectivity index (χ0) is 14.9. The first-order chi connectivity index (χ1) is 10.1. The molecule has 1 aromatic heterocycles. The van der Waals surface area contributed by atoms with Gasteiger partial charge < -0.3 is 15.2 Å². The molecule has 1 aliphatic carbocycles. The van der Waals surface area contributed by atoms with E-state index in [-0.39, 0.29) is 22.4 Å². The Hall–Kier alpha value is -1.40. The maximum Gasteiger partial charge on any atom is 0.345 e. The highest BCUT2D eigenvalue weighted by Crippen LogP contribution is 2.40. The highest BCUT2D eigenvalue weighted by Gasteiger charge is 2.40. The number of carbonyl (C=O) groups excluding carboxylic acids is 1. The number of ether oxygens (including phenoxy) is 1. The van der Waals surface area contributed by atoms with Crippen LogP contribution in [0.5, 0.6) is 0 Å². The van der Waals surface area contributed by atoms with Gasteiger partial charge in [-0.15, -0.1) is 11.3 Å². The van der Waals surface area contributed by atoms with Crippen LogP contribution in [0.25, 0.3) is 0 Å². The Bertz CT molecular complexity index is 548. The van der Waals surface area contributed by atoms with Gasteiger partial charge in [-0.05, 0) is 37.8 Å². The molecule has 2 N–H and O–H groups in total. The molecule has 1 saturated heterocycles. The van der Waals surface area contributed by atoms with Crippen molar-refractivity contribution in [3.63, 3.8) is 0 Å². The van der Waals surface area contributed by atoms with Crippen LogP contribution >= 0.6 is 11.3 Å². The Morgan fingerprint density at radius 1 is 1.29 bits per heavy atom. The van der Waals surface area contributed by atoms with Crippen molar-refractivity contribution in [1.82, 2.24) is 5.32 Å². The number of carboxylic acids is 1. The number of rotatable bonds is 3. The van der Waals surface area contributed by atoms with Crippen molar-refractivity contribution < 1.29 is 19.4 Å². The van der Waals surface area contributed by atoms with E-state index in [4.69, 9.17) is 9.84 Å². The average Bonchev–Trinajstić information content (AvgIpc) is 3.08. The fraction of sp³-hybridized carbons (Fsp3) is 0.600. The third kappa shape index (κ3) is 3.11. The zero-order valence-electron chi connectivity index (χ0n) is 11.8. The zero-order valence-corrected chi connectivity index (χ0v) is 12.6. The number of aromatic carboxylic acids is 1. The molecule has 5 nitrogen and oxygen atoms in total. The van der Waals surface area contributed by atoms with E-state index in [1.807, 2.05) is 0 Å². The Morgan fingerprint density at radius 3 is 2.67 bits per heavy atom. The highest BCUT2D eigenvalue weighted by atomic mass is 32.1. The molecule has 21 heavy (non-hydrogen) atoms. The Labute approximate surface area is 127 Å². The molecule has 1 saturated carbocycles. The molecular weight excluding hydrogens is 290 g/mol. The average molecular weight is 309 g/mol. The Balaban J connectivity index is 1.62. The molecule has 1 atom stereocenters. The highest BCUT2D eigenvalue weighted by molar-refractivity contribution is 7.15. The molecule has 1 aliphatic heterocycles. The molecule has 2 fully saturated rings. The summed E-state index contributed by atoms with van der Waals surface area (Å²) in [5.41, 5.74) is -0.0299. The SMILES string of the molecule is O=C(O)c1ccc(C(=O)NC2CCOC3(CCCC3)C2)s1. The third-order valence-corrected chi connectivity index (χ3v) is 5.46. The minimum absolute atomic E-state index is 0.0299. The van der Waals surface area contributed by atoms with Crippen LogP contribution in [0.15, 0.2) is 12.1 Å². The Kier molecular flexibility index (Phi) is 3.99. The number of hydrogen-bond acceptors (Lipinski definition) is 4. The van der Waals surface area contributed by atoms with Crippen LogP contribution in [0.3, 0.4) is 0 Å². The lowest BCUT2D eigenvalue weighted by Gasteiger charge is -2.38. The molecule has 114 valence electrons. The van der Waals surface area contributed by atoms with Crippen molar-refractivity contribution in [3.8, 4) is 0 Å². The van der Waals surface area contributed by atoms with Crippen LogP contribution in [-0.2, 0) is 4.74 Å². The van der Waals surface area contributed by atoms with Gasteiger partial charge in [0.05, 0.1) is 10.5 Å². The first-order valence-electron chi connectivity index (χ1n) is 7.36. The van der Waals surface area contributed by atoms with Crippen molar-refractivity contribution >= 4 is 23.2 Å². The molecule has 1 amide bonds. The van der Waals surface area contributed by atoms with Crippen LogP contribution in [0.1, 0.15) is 57.9 Å². The van der Waals surface area contributed by atoms with Crippen molar-refractivity contribution in [2.75, 3.05) is 6.61 Å². The van der Waals surface area contributed by atoms with Gasteiger partial charge in [-0.3, -0.25) is 4.79 Å². The van der Waals surface area contributed by atoms with Gasteiger partial charge >= 0.3 is 5.97 Å². The molecule has 6 heteroatoms. The predicted octanol–water partition coefficient (Wildman–Crippen LogP) is 2.67. The number of amides is 1. The summed E-state index contributed by atoms with van der Waals surface area (Å²) in [5.74, 6) is -1.16. The first-order valence-corrected chi connectivity index (χ1v) is 8.18. The third-order valence-electron chi connectivity index (χ3n) is 4.38. The van der Waals surface area contributed by atoms with Gasteiger partial charge in [0.1, 0.15) is 4.88 Å². The minimum Gasteiger partial charge on any atom is -0.477 e. The second-order valence-corrected chi connectivity index (χ2v) is 6.95. The fourth-order valence-corrected chi connectivity index (χ4v) is 4.10. The first kappa shape index (κ1) is 14.5. The lowest BCUT2D eigenvalue weighted by molar-refractivity contribution is -0.0823. The van der Waals surface area contributed by atoms with Gasteiger partial charge in [-0.1, -0.05) is 12.8 Å². The van der Waals surface area contributed by atoms with Crippen molar-refractivity contribution in [2.24, 2.45) is 0 Å². The predicted molar refractivity (Wildman–Crippen MR) is 78.9 cm³/mol. The van der Waals surface area contributed by atoms with Crippen LogP contribution in [-0.4, -0.2) is 35.2 Å². The molecule has 2 heterocycles. The number of carboxylic acid groups (broad SMARTS) is 1. The van der Waals surface area contributed by atoms with Crippen LogP contribution in [0.2, 0.25) is 0 Å². The van der Waals surface area contributed by atoms with Gasteiger partial charge in [0.15, 0.2) is 0 Å². The summed E-state index contributed by atoms with van der Waals surface area (Å²) in [7, 11) is 0. The van der Waals surface area contributed by atoms with Gasteiger partial charge in [0, 0.05) is 12.6 Å². The summed E-state index contributed by atoms with van der Waals surface area (Å²) >= 11 is 1.02. The van der Waals surface area contributed by atoms with E-state index in [0.717, 1.165) is 37.0 Å². The monoisotopic (exact) mass is 309 g/mol. The number of nitrogens with one attached hydrogen (secondary N) is 1. The van der Waals surface area contributed by atoms with Gasteiger partial charge in [-0.2, -0.15) is 0 Å². The molecule has 0 radical (unpaired) electrons. The second kappa shape index (κ2) is 5.77. The number of hydrogen-bond donors (Lipinski definition) is 2. The van der Waals surface area contributed by atoms with E-state index in [2.05, 4.69) is 5.32 Å². The molecule has 0 aromatic carbocycles. The topological polar surface area (TPSA) is 75.6 Å². The van der Waals surface area contributed by atoms with Crippen LogP contribution < -0.4 is 5.32 Å². The summed E-state index contributed by atoms with van der Waals surface area (Å²) in [6, 6.07) is 3.18. The summed E-state index contributed by atoms with van der Waals surface area (Å²) in [4.78, 5) is 23.7. The molecule has 2 aliphatic rings. The van der Waals surface area contributed by atoms with E-state index in [1.54, 1.807) is 6.07 Å². The normalized spacial score (nSPS) is 24.1. The molecule has 1 spiro atoms. The maximum atomic E-state index is 12.2. The van der Waals surface area contributed by atoms with E-state index >= 15 is 0 Å². The lowest BCUT2D eigenvalue weighted by Crippen LogP contribution is -2.47. The van der Waals surface area contributed by atoms with Crippen molar-refractivity contribution in [1.29, 1.82) is 0 Å². The van der Waals surface area contributed by atoms with E-state index in [0.29, 0.717) is 11.5 Å². The second-order valence-electron chi connectivity index (χ2n) is 5.87. The largest absolute Gasteiger partial charge is 0.477 e. The summed E-state index contributed by atoms with van der Waals surface area (Å²) in [6.07, 6.45) is 6.27. The van der Waals surface area contributed by atoms with E-state index < -0.39 is 5.97 Å². The lowest BCUT2D eigenvalue weighted by atomic mass is 9.89. The molecule has 1 unspecified atom stereocenters. The quantitative estimate of drug-likeness (QED) is 0.900. The standard InChI is InChI=1S/C15H19NO4S/c17-13(11-3-4-12(21-11)14(18)19)16-10-5-8-20-15(9-10)6-1-2-7-15/h3-4,10H,1-2,5-9H2,(H,16,17)(H,18,19). The molecule has 0 bridgehead atoms. The summed E-state index contributed by atoms with van der Waals surface area (Å²) < 4.78 is 5.95. The maximum absolute atomic E-state index is 12.2. The van der Waals surface area contributed by atoms with Gasteiger partial charge in [0.2, 0.25) is 0 Å². The van der Waals surface area contributed by atoms with Gasteiger partial charge in [0.25, 0.3) is 5.91 Å². The van der Waals surface area contributed by atoms with E-state index in [1.165, 1.54) is 18.9 Å². The summed E-state index contributed by atoms with van der Waals surface area (Å²) in [6.45, 7) is 0.690. The summed E-state index contributed by atoms with van der Waals surface area (Å²) in [5, 5.41) is 11.9.